The Bertz CT molecular complexity index is 2240. The monoisotopic (exact) mass is 834 g/mol. The Balaban J connectivity index is 0.738. The summed E-state index contributed by atoms with van der Waals surface area (Å²) in [6.45, 7) is 12.2. The van der Waals surface area contributed by atoms with Crippen LogP contribution in [-0.4, -0.2) is 84.9 Å². The number of hydrogen-bond donors (Lipinski definition) is 3. The summed E-state index contributed by atoms with van der Waals surface area (Å²) in [7, 11) is 0. The number of carbonyl (C=O) groups is 5. The number of nitriles is 1. The van der Waals surface area contributed by atoms with Crippen LogP contribution < -0.4 is 30.3 Å². The number of nitrogens with one attached hydrogen (secondary N) is 3. The normalized spacial score (nSPS) is 25.7. The van der Waals surface area contributed by atoms with Crippen LogP contribution >= 0.6 is 11.6 Å². The minimum absolute atomic E-state index is 0.0272. The SMILES string of the molecule is CC1(C)C(NC(=O)c2ccc(N3CCC(CNCC4CC(Oc5ccc6c(c5)C(=O)N(C5CCC(=O)NC5=O)C6=O)C4)CC3)cc2)C(C)(C)C1Oc1ccc(C#N)c(Cl)c1. The topological polar surface area (TPSA) is 170 Å². The average molecular weight is 835 g/mol. The zero-order valence-electron chi connectivity index (χ0n) is 34.4. The van der Waals surface area contributed by atoms with Crippen LogP contribution in [-0.2, 0) is 9.59 Å². The van der Waals surface area contributed by atoms with Gasteiger partial charge in [-0.3, -0.25) is 34.2 Å². The van der Waals surface area contributed by atoms with Crippen molar-refractivity contribution in [3.05, 3.63) is 87.9 Å². The second-order valence-corrected chi connectivity index (χ2v) is 18.6. The maximum atomic E-state index is 13.5. The fraction of sp³-hybridized carbons (Fsp3) is 0.478. The Morgan fingerprint density at radius 3 is 2.17 bits per heavy atom. The minimum Gasteiger partial charge on any atom is -0.490 e. The van der Waals surface area contributed by atoms with Crippen molar-refractivity contribution in [3.8, 4) is 17.6 Å². The molecule has 0 bridgehead atoms. The number of benzene rings is 3. The van der Waals surface area contributed by atoms with Gasteiger partial charge in [0.2, 0.25) is 11.8 Å². The summed E-state index contributed by atoms with van der Waals surface area (Å²) in [5.41, 5.74) is 1.90. The standard InChI is InChI=1S/C46H51ClN6O7/c1-45(2)43(46(3,4)44(45)60-32-10-7-29(23-48)36(47)22-32)51-39(55)28-5-8-30(9-6-28)52-17-15-26(16-18-52)24-49-25-27-19-33(20-27)59-31-11-12-34-35(21-31)42(58)53(41(34)57)37-13-14-38(54)50-40(37)56/h5-12,21-22,26-27,33,37,43-44,49H,13-20,24-25H2,1-4H3,(H,51,55)(H,50,54,56). The summed E-state index contributed by atoms with van der Waals surface area (Å²) in [5, 5.41) is 18.7. The zero-order valence-corrected chi connectivity index (χ0v) is 35.1. The highest BCUT2D eigenvalue weighted by molar-refractivity contribution is 6.31. The first-order chi connectivity index (χ1) is 28.6. The molecule has 2 saturated carbocycles. The van der Waals surface area contributed by atoms with Gasteiger partial charge in [-0.25, -0.2) is 0 Å². The van der Waals surface area contributed by atoms with Gasteiger partial charge in [0.05, 0.1) is 27.8 Å². The molecule has 5 amide bonds. The molecule has 3 aromatic rings. The Kier molecular flexibility index (Phi) is 11.1. The molecule has 5 aliphatic rings. The highest BCUT2D eigenvalue weighted by Gasteiger charge is 2.64. The quantitative estimate of drug-likeness (QED) is 0.187. The molecule has 4 fully saturated rings. The highest BCUT2D eigenvalue weighted by Crippen LogP contribution is 2.55. The van der Waals surface area contributed by atoms with E-state index in [9.17, 15) is 29.2 Å². The van der Waals surface area contributed by atoms with Crippen molar-refractivity contribution in [2.24, 2.45) is 22.7 Å². The van der Waals surface area contributed by atoms with E-state index in [0.29, 0.717) is 39.5 Å². The number of rotatable bonds is 12. The van der Waals surface area contributed by atoms with Gasteiger partial charge in [-0.1, -0.05) is 39.3 Å². The number of ether oxygens (including phenoxy) is 2. The van der Waals surface area contributed by atoms with Crippen LogP contribution in [0, 0.1) is 34.0 Å². The van der Waals surface area contributed by atoms with Crippen LogP contribution in [0.15, 0.2) is 60.7 Å². The summed E-state index contributed by atoms with van der Waals surface area (Å²) >= 11 is 6.25. The molecule has 3 aliphatic heterocycles. The van der Waals surface area contributed by atoms with E-state index >= 15 is 0 Å². The van der Waals surface area contributed by atoms with Crippen molar-refractivity contribution < 1.29 is 33.4 Å². The molecule has 2 saturated heterocycles. The second kappa shape index (κ2) is 16.2. The molecule has 314 valence electrons. The summed E-state index contributed by atoms with van der Waals surface area (Å²) in [5.74, 6) is -0.00611. The fourth-order valence-corrected chi connectivity index (χ4v) is 10.4. The van der Waals surface area contributed by atoms with Crippen LogP contribution in [0.2, 0.25) is 5.02 Å². The molecule has 8 rings (SSSR count). The molecule has 0 radical (unpaired) electrons. The second-order valence-electron chi connectivity index (χ2n) is 18.2. The van der Waals surface area contributed by atoms with Gasteiger partial charge in [0.1, 0.15) is 29.7 Å². The van der Waals surface area contributed by atoms with E-state index in [1.54, 1.807) is 36.4 Å². The predicted octanol–water partition coefficient (Wildman–Crippen LogP) is 5.89. The van der Waals surface area contributed by atoms with Crippen LogP contribution in [0.25, 0.3) is 0 Å². The molecule has 0 aromatic heterocycles. The van der Waals surface area contributed by atoms with E-state index in [0.717, 1.165) is 62.4 Å². The third kappa shape index (κ3) is 7.83. The Hall–Kier alpha value is -5.45. The first-order valence-corrected chi connectivity index (χ1v) is 21.3. The van der Waals surface area contributed by atoms with E-state index in [4.69, 9.17) is 21.1 Å². The smallest absolute Gasteiger partial charge is 0.262 e. The number of hydrogen-bond acceptors (Lipinski definition) is 10. The predicted molar refractivity (Wildman–Crippen MR) is 224 cm³/mol. The lowest BCUT2D eigenvalue weighted by Crippen LogP contribution is -2.74. The number of amides is 5. The Labute approximate surface area is 355 Å². The van der Waals surface area contributed by atoms with Crippen LogP contribution in [0.1, 0.15) is 103 Å². The van der Waals surface area contributed by atoms with Gasteiger partial charge in [0.15, 0.2) is 0 Å². The largest absolute Gasteiger partial charge is 0.490 e. The molecule has 60 heavy (non-hydrogen) atoms. The average Bonchev–Trinajstić information content (AvgIpc) is 3.45. The van der Waals surface area contributed by atoms with Crippen molar-refractivity contribution in [1.29, 1.82) is 5.26 Å². The van der Waals surface area contributed by atoms with Gasteiger partial charge in [-0.05, 0) is 112 Å². The van der Waals surface area contributed by atoms with Crippen LogP contribution in [0.5, 0.6) is 11.5 Å². The zero-order chi connectivity index (χ0) is 42.5. The Morgan fingerprint density at radius 1 is 0.850 bits per heavy atom. The van der Waals surface area contributed by atoms with Crippen molar-refractivity contribution in [2.45, 2.75) is 90.5 Å². The molecule has 2 aliphatic carbocycles. The van der Waals surface area contributed by atoms with Gasteiger partial charge in [-0.15, -0.1) is 0 Å². The maximum Gasteiger partial charge on any atom is 0.262 e. The minimum atomic E-state index is -0.994. The third-order valence-electron chi connectivity index (χ3n) is 13.3. The highest BCUT2D eigenvalue weighted by atomic mass is 35.5. The van der Waals surface area contributed by atoms with Gasteiger partial charge < -0.3 is 25.0 Å². The molecule has 14 heteroatoms. The maximum absolute atomic E-state index is 13.5. The van der Waals surface area contributed by atoms with E-state index in [-0.39, 0.29) is 59.0 Å². The first kappa shape index (κ1) is 41.3. The molecule has 3 aromatic carbocycles. The molecule has 0 spiro atoms. The van der Waals surface area contributed by atoms with Gasteiger partial charge >= 0.3 is 0 Å². The lowest BCUT2D eigenvalue weighted by molar-refractivity contribution is -0.164. The van der Waals surface area contributed by atoms with Crippen LogP contribution in [0.4, 0.5) is 5.69 Å². The van der Waals surface area contributed by atoms with Gasteiger partial charge in [0.25, 0.3) is 17.7 Å². The summed E-state index contributed by atoms with van der Waals surface area (Å²) in [4.78, 5) is 66.9. The van der Waals surface area contributed by atoms with E-state index < -0.39 is 29.7 Å². The molecule has 1 unspecified atom stereocenters. The number of nitrogens with zero attached hydrogens (tertiary/aromatic N) is 3. The molecular formula is C46H51ClN6O7. The van der Waals surface area contributed by atoms with Crippen molar-refractivity contribution in [2.75, 3.05) is 31.1 Å². The van der Waals surface area contributed by atoms with E-state index in [2.05, 4.69) is 54.6 Å². The number of fused-ring (bicyclic) bond motifs is 1. The van der Waals surface area contributed by atoms with Gasteiger partial charge in [0, 0.05) is 53.7 Å². The first-order valence-electron chi connectivity index (χ1n) is 20.9. The molecular weight excluding hydrogens is 784 g/mol. The lowest BCUT2D eigenvalue weighted by atomic mass is 9.49. The van der Waals surface area contributed by atoms with Crippen molar-refractivity contribution in [1.82, 2.24) is 20.9 Å². The molecule has 3 N–H and O–H groups in total. The summed E-state index contributed by atoms with van der Waals surface area (Å²) < 4.78 is 12.5. The van der Waals surface area contributed by atoms with Crippen molar-refractivity contribution >= 4 is 46.8 Å². The number of anilines is 1. The molecule has 13 nitrogen and oxygen atoms in total. The third-order valence-corrected chi connectivity index (χ3v) is 13.6. The summed E-state index contributed by atoms with van der Waals surface area (Å²) in [6.07, 6.45) is 3.99. The van der Waals surface area contributed by atoms with Gasteiger partial charge in [-0.2, -0.15) is 5.26 Å². The Morgan fingerprint density at radius 2 is 1.50 bits per heavy atom. The number of halogens is 1. The van der Waals surface area contributed by atoms with Crippen molar-refractivity contribution in [3.63, 3.8) is 0 Å². The fourth-order valence-electron chi connectivity index (χ4n) is 10.2. The number of carbonyl (C=O) groups excluding carboxylic acids is 5. The molecule has 1 atom stereocenters. The number of piperidine rings is 2. The van der Waals surface area contributed by atoms with E-state index in [1.807, 2.05) is 24.3 Å². The van der Waals surface area contributed by atoms with Crippen LogP contribution in [0.3, 0.4) is 0 Å². The van der Waals surface area contributed by atoms with E-state index in [1.165, 1.54) is 0 Å². The lowest BCUT2D eigenvalue weighted by Gasteiger charge is -2.63. The molecule has 3 heterocycles. The number of imide groups is 2. The summed E-state index contributed by atoms with van der Waals surface area (Å²) in [6, 6.07) is 18.8.